The van der Waals surface area contributed by atoms with E-state index in [0.29, 0.717) is 32.2 Å². The number of amides is 1. The summed E-state index contributed by atoms with van der Waals surface area (Å²) in [5.41, 5.74) is 11.6. The van der Waals surface area contributed by atoms with Crippen LogP contribution >= 0.6 is 27.5 Å². The zero-order chi connectivity index (χ0) is 14.0. The third kappa shape index (κ3) is 3.19. The lowest BCUT2D eigenvalue weighted by molar-refractivity contribution is 0.100. The molecule has 0 spiro atoms. The average Bonchev–Trinajstić information content (AvgIpc) is 2.34. The second-order valence-corrected chi connectivity index (χ2v) is 5.08. The van der Waals surface area contributed by atoms with Crippen LogP contribution in [0.15, 0.2) is 40.9 Å². The molecule has 0 heterocycles. The van der Waals surface area contributed by atoms with Crippen molar-refractivity contribution >= 4 is 39.1 Å². The molecule has 0 saturated carbocycles. The highest BCUT2D eigenvalue weighted by molar-refractivity contribution is 9.10. The van der Waals surface area contributed by atoms with Gasteiger partial charge in [0.2, 0.25) is 5.91 Å². The van der Waals surface area contributed by atoms with Crippen molar-refractivity contribution in [3.63, 3.8) is 0 Å². The molecule has 0 aliphatic carbocycles. The SMILES string of the molecule is NC(=O)c1ccc(Oc2ccc(Cl)cc2Br)c(N)c1. The number of primary amides is 1. The summed E-state index contributed by atoms with van der Waals surface area (Å²) in [5, 5.41) is 0.594. The molecule has 0 aliphatic heterocycles. The number of hydrogen-bond donors (Lipinski definition) is 2. The van der Waals surface area contributed by atoms with Gasteiger partial charge in [-0.05, 0) is 52.3 Å². The molecule has 19 heavy (non-hydrogen) atoms. The van der Waals surface area contributed by atoms with Crippen LogP contribution in [0.5, 0.6) is 11.5 Å². The van der Waals surface area contributed by atoms with Crippen molar-refractivity contribution in [1.29, 1.82) is 0 Å². The molecule has 0 radical (unpaired) electrons. The van der Waals surface area contributed by atoms with Gasteiger partial charge in [0.05, 0.1) is 10.2 Å². The molecular formula is C13H10BrClN2O2. The van der Waals surface area contributed by atoms with E-state index in [0.717, 1.165) is 0 Å². The largest absolute Gasteiger partial charge is 0.454 e. The Morgan fingerprint density at radius 1 is 1.16 bits per heavy atom. The lowest BCUT2D eigenvalue weighted by Crippen LogP contribution is -2.11. The fourth-order valence-electron chi connectivity index (χ4n) is 1.47. The molecule has 4 N–H and O–H groups in total. The highest BCUT2D eigenvalue weighted by atomic mass is 79.9. The number of carbonyl (C=O) groups is 1. The van der Waals surface area contributed by atoms with E-state index in [-0.39, 0.29) is 0 Å². The van der Waals surface area contributed by atoms with Crippen LogP contribution < -0.4 is 16.2 Å². The van der Waals surface area contributed by atoms with Crippen LogP contribution in [0.25, 0.3) is 0 Å². The minimum Gasteiger partial charge on any atom is -0.454 e. The number of anilines is 1. The molecular weight excluding hydrogens is 332 g/mol. The van der Waals surface area contributed by atoms with Crippen molar-refractivity contribution in [2.24, 2.45) is 5.73 Å². The highest BCUT2D eigenvalue weighted by Gasteiger charge is 2.09. The number of benzene rings is 2. The van der Waals surface area contributed by atoms with E-state index in [2.05, 4.69) is 15.9 Å². The third-order valence-electron chi connectivity index (χ3n) is 2.41. The Morgan fingerprint density at radius 2 is 1.84 bits per heavy atom. The molecule has 4 nitrogen and oxygen atoms in total. The maximum atomic E-state index is 11.0. The molecule has 0 atom stereocenters. The van der Waals surface area contributed by atoms with Crippen LogP contribution in [0.4, 0.5) is 5.69 Å². The van der Waals surface area contributed by atoms with Crippen LogP contribution in [0.1, 0.15) is 10.4 Å². The number of nitrogens with two attached hydrogens (primary N) is 2. The Morgan fingerprint density at radius 3 is 2.42 bits per heavy atom. The molecule has 0 unspecified atom stereocenters. The molecule has 2 rings (SSSR count). The molecule has 0 fully saturated rings. The van der Waals surface area contributed by atoms with Gasteiger partial charge in [-0.1, -0.05) is 11.6 Å². The first kappa shape index (κ1) is 13.7. The Bertz CT molecular complexity index is 647. The van der Waals surface area contributed by atoms with Crippen LogP contribution in [0.2, 0.25) is 5.02 Å². The van der Waals surface area contributed by atoms with E-state index in [1.165, 1.54) is 6.07 Å². The van der Waals surface area contributed by atoms with E-state index in [1.54, 1.807) is 30.3 Å². The van der Waals surface area contributed by atoms with Crippen molar-refractivity contribution in [2.75, 3.05) is 5.73 Å². The van der Waals surface area contributed by atoms with Gasteiger partial charge >= 0.3 is 0 Å². The van der Waals surface area contributed by atoms with Gasteiger partial charge in [0, 0.05) is 10.6 Å². The number of carbonyl (C=O) groups excluding carboxylic acids is 1. The molecule has 0 aliphatic rings. The van der Waals surface area contributed by atoms with Crippen LogP contribution in [0, 0.1) is 0 Å². The summed E-state index contributed by atoms with van der Waals surface area (Å²) >= 11 is 9.19. The van der Waals surface area contributed by atoms with E-state index >= 15 is 0 Å². The van der Waals surface area contributed by atoms with E-state index in [9.17, 15) is 4.79 Å². The summed E-state index contributed by atoms with van der Waals surface area (Å²) in [6.45, 7) is 0. The monoisotopic (exact) mass is 340 g/mol. The third-order valence-corrected chi connectivity index (χ3v) is 3.26. The average molecular weight is 342 g/mol. The van der Waals surface area contributed by atoms with Gasteiger partial charge < -0.3 is 16.2 Å². The normalized spacial score (nSPS) is 10.2. The van der Waals surface area contributed by atoms with Gasteiger partial charge in [-0.15, -0.1) is 0 Å². The van der Waals surface area contributed by atoms with Gasteiger partial charge in [-0.3, -0.25) is 4.79 Å². The summed E-state index contributed by atoms with van der Waals surface area (Å²) in [7, 11) is 0. The molecule has 6 heteroatoms. The Balaban J connectivity index is 2.31. The highest BCUT2D eigenvalue weighted by Crippen LogP contribution is 2.34. The van der Waals surface area contributed by atoms with Gasteiger partial charge in [0.25, 0.3) is 0 Å². The maximum absolute atomic E-state index is 11.0. The standard InChI is InChI=1S/C13H10BrClN2O2/c14-9-6-8(15)2-4-11(9)19-12-3-1-7(13(17)18)5-10(12)16/h1-6H,16H2,(H2,17,18). The van der Waals surface area contributed by atoms with Crippen LogP contribution in [-0.4, -0.2) is 5.91 Å². The fraction of sp³-hybridized carbons (Fsp3) is 0. The van der Waals surface area contributed by atoms with Crippen molar-refractivity contribution in [2.45, 2.75) is 0 Å². The first-order valence-electron chi connectivity index (χ1n) is 5.29. The summed E-state index contributed by atoms with van der Waals surface area (Å²) in [6, 6.07) is 9.75. The van der Waals surface area contributed by atoms with Crippen LogP contribution in [0.3, 0.4) is 0 Å². The molecule has 0 aromatic heterocycles. The molecule has 0 bridgehead atoms. The lowest BCUT2D eigenvalue weighted by atomic mass is 10.2. The summed E-state index contributed by atoms with van der Waals surface area (Å²) in [5.74, 6) is 0.474. The zero-order valence-corrected chi connectivity index (χ0v) is 12.0. The predicted octanol–water partition coefficient (Wildman–Crippen LogP) is 3.58. The Hall–Kier alpha value is -1.72. The molecule has 98 valence electrons. The van der Waals surface area contributed by atoms with Gasteiger partial charge in [-0.2, -0.15) is 0 Å². The zero-order valence-electron chi connectivity index (χ0n) is 9.69. The number of halogens is 2. The van der Waals surface area contributed by atoms with E-state index < -0.39 is 5.91 Å². The van der Waals surface area contributed by atoms with Crippen molar-refractivity contribution in [3.05, 3.63) is 51.5 Å². The quantitative estimate of drug-likeness (QED) is 0.838. The summed E-state index contributed by atoms with van der Waals surface area (Å²) < 4.78 is 6.35. The van der Waals surface area contributed by atoms with Crippen molar-refractivity contribution in [3.8, 4) is 11.5 Å². The Labute approximate surface area is 123 Å². The second-order valence-electron chi connectivity index (χ2n) is 3.79. The van der Waals surface area contributed by atoms with Gasteiger partial charge in [0.1, 0.15) is 11.5 Å². The first-order chi connectivity index (χ1) is 8.97. The summed E-state index contributed by atoms with van der Waals surface area (Å²) in [4.78, 5) is 11.0. The minimum atomic E-state index is -0.536. The van der Waals surface area contributed by atoms with E-state index in [4.69, 9.17) is 27.8 Å². The number of hydrogen-bond acceptors (Lipinski definition) is 3. The number of ether oxygens (including phenoxy) is 1. The molecule has 1 amide bonds. The minimum absolute atomic E-state index is 0.332. The molecule has 2 aromatic rings. The van der Waals surface area contributed by atoms with E-state index in [1.807, 2.05) is 0 Å². The predicted molar refractivity (Wildman–Crippen MR) is 78.6 cm³/mol. The second kappa shape index (κ2) is 5.50. The fourth-order valence-corrected chi connectivity index (χ4v) is 2.23. The number of nitrogen functional groups attached to an aromatic ring is 1. The lowest BCUT2D eigenvalue weighted by Gasteiger charge is -2.10. The first-order valence-corrected chi connectivity index (χ1v) is 6.46. The van der Waals surface area contributed by atoms with Crippen LogP contribution in [-0.2, 0) is 0 Å². The molecule has 2 aromatic carbocycles. The molecule has 0 saturated heterocycles. The maximum Gasteiger partial charge on any atom is 0.248 e. The van der Waals surface area contributed by atoms with Gasteiger partial charge in [-0.25, -0.2) is 0 Å². The Kier molecular flexibility index (Phi) is 3.97. The topological polar surface area (TPSA) is 78.3 Å². The summed E-state index contributed by atoms with van der Waals surface area (Å²) in [6.07, 6.45) is 0. The smallest absolute Gasteiger partial charge is 0.248 e. The van der Waals surface area contributed by atoms with Crippen molar-refractivity contribution < 1.29 is 9.53 Å². The van der Waals surface area contributed by atoms with Gasteiger partial charge in [0.15, 0.2) is 0 Å². The van der Waals surface area contributed by atoms with Crippen molar-refractivity contribution in [1.82, 2.24) is 0 Å². The number of rotatable bonds is 3.